The van der Waals surface area contributed by atoms with Gasteiger partial charge >= 0.3 is 5.97 Å². The van der Waals surface area contributed by atoms with Crippen LogP contribution in [0.2, 0.25) is 0 Å². The monoisotopic (exact) mass is 529 g/mol. The van der Waals surface area contributed by atoms with Crippen molar-refractivity contribution in [2.75, 3.05) is 50.6 Å². The van der Waals surface area contributed by atoms with Crippen LogP contribution in [0, 0.1) is 0 Å². The average Bonchev–Trinajstić information content (AvgIpc) is 2.90. The highest BCUT2D eigenvalue weighted by molar-refractivity contribution is 5.83. The first-order valence-electron chi connectivity index (χ1n) is 14.2. The van der Waals surface area contributed by atoms with Gasteiger partial charge in [0.25, 0.3) is 10.9 Å². The first kappa shape index (κ1) is 31.3. The number of anilines is 2. The van der Waals surface area contributed by atoms with Crippen LogP contribution in [0.3, 0.4) is 0 Å². The van der Waals surface area contributed by atoms with Crippen LogP contribution < -0.4 is 25.8 Å². The van der Waals surface area contributed by atoms with E-state index in [-0.39, 0.29) is 12.1 Å². The van der Waals surface area contributed by atoms with Crippen molar-refractivity contribution in [1.82, 2.24) is 4.90 Å². The van der Waals surface area contributed by atoms with Crippen LogP contribution in [0.15, 0.2) is 33.9 Å². The van der Waals surface area contributed by atoms with Crippen LogP contribution in [0.4, 0.5) is 11.4 Å². The minimum atomic E-state index is -1.06. The lowest BCUT2D eigenvalue weighted by Gasteiger charge is -2.29. The molecule has 2 rings (SSSR count). The van der Waals surface area contributed by atoms with E-state index >= 15 is 0 Å². The molecule has 0 unspecified atom stereocenters. The van der Waals surface area contributed by atoms with Crippen molar-refractivity contribution in [2.24, 2.45) is 0 Å². The molecule has 0 spiro atoms. The summed E-state index contributed by atoms with van der Waals surface area (Å²) in [5.74, 6) is -0.329. The maximum absolute atomic E-state index is 12.6. The highest BCUT2D eigenvalue weighted by Crippen LogP contribution is 2.24. The number of nitrogens with one attached hydrogen (secondary N) is 1. The van der Waals surface area contributed by atoms with E-state index in [1.807, 2.05) is 43.3 Å². The van der Waals surface area contributed by atoms with Crippen LogP contribution in [0.25, 0.3) is 0 Å². The molecule has 0 radical (unpaired) electrons. The van der Waals surface area contributed by atoms with Crippen molar-refractivity contribution < 1.29 is 14.6 Å². The van der Waals surface area contributed by atoms with Gasteiger partial charge in [0.15, 0.2) is 0 Å². The second-order valence-corrected chi connectivity index (χ2v) is 10.4. The van der Waals surface area contributed by atoms with E-state index in [4.69, 9.17) is 4.74 Å². The van der Waals surface area contributed by atoms with Gasteiger partial charge in [0.1, 0.15) is 23.2 Å². The van der Waals surface area contributed by atoms with Crippen molar-refractivity contribution in [3.05, 3.63) is 50.3 Å². The summed E-state index contributed by atoms with van der Waals surface area (Å²) in [6, 6.07) is 6.33. The Bertz CT molecular complexity index is 1020. The molecule has 0 bridgehead atoms. The van der Waals surface area contributed by atoms with Crippen LogP contribution in [-0.2, 0) is 11.2 Å². The SMILES string of the molecule is CCCCCCN(CCCCCC)c1c(N[C@@H](Cc2ccc(OCCCN(C)C)cc2)C(=O)O)c(=O)c1=O. The molecule has 8 nitrogen and oxygen atoms in total. The quantitative estimate of drug-likeness (QED) is 0.178. The molecule has 0 aliphatic carbocycles. The van der Waals surface area contributed by atoms with Gasteiger partial charge in [-0.2, -0.15) is 0 Å². The predicted octanol–water partition coefficient (Wildman–Crippen LogP) is 4.69. The molecule has 212 valence electrons. The van der Waals surface area contributed by atoms with Crippen LogP contribution >= 0.6 is 0 Å². The fourth-order valence-corrected chi connectivity index (χ4v) is 4.51. The molecule has 0 aliphatic heterocycles. The number of ether oxygens (including phenoxy) is 1. The van der Waals surface area contributed by atoms with Gasteiger partial charge in [0.05, 0.1) is 6.61 Å². The number of benzene rings is 1. The Morgan fingerprint density at radius 3 is 2.00 bits per heavy atom. The largest absolute Gasteiger partial charge is 0.494 e. The molecule has 0 aliphatic rings. The molecule has 0 saturated carbocycles. The Labute approximate surface area is 227 Å². The predicted molar refractivity (Wildman–Crippen MR) is 156 cm³/mol. The first-order valence-corrected chi connectivity index (χ1v) is 14.2. The van der Waals surface area contributed by atoms with E-state index in [0.29, 0.717) is 25.4 Å². The number of unbranched alkanes of at least 4 members (excludes halogenated alkanes) is 6. The molecule has 0 amide bonds. The Morgan fingerprint density at radius 1 is 0.868 bits per heavy atom. The van der Waals surface area contributed by atoms with Gasteiger partial charge in [-0.15, -0.1) is 0 Å². The molecule has 2 aromatic carbocycles. The summed E-state index contributed by atoms with van der Waals surface area (Å²) >= 11 is 0. The van der Waals surface area contributed by atoms with Crippen LogP contribution in [-0.4, -0.2) is 62.4 Å². The smallest absolute Gasteiger partial charge is 0.326 e. The lowest BCUT2D eigenvalue weighted by atomic mass is 10.0. The molecule has 0 heterocycles. The number of carboxylic acid groups (broad SMARTS) is 1. The first-order chi connectivity index (χ1) is 18.3. The van der Waals surface area contributed by atoms with Crippen molar-refractivity contribution in [3.63, 3.8) is 0 Å². The third-order valence-corrected chi connectivity index (χ3v) is 6.76. The zero-order valence-corrected chi connectivity index (χ0v) is 23.8. The summed E-state index contributed by atoms with van der Waals surface area (Å²) in [5, 5.41) is 12.8. The lowest BCUT2D eigenvalue weighted by molar-refractivity contribution is -0.137. The highest BCUT2D eigenvalue weighted by atomic mass is 16.5. The normalized spacial score (nSPS) is 12.1. The number of carboxylic acids is 1. The number of hydrogen-bond donors (Lipinski definition) is 2. The van der Waals surface area contributed by atoms with Crippen LogP contribution in [0.5, 0.6) is 5.75 Å². The van der Waals surface area contributed by atoms with E-state index in [1.54, 1.807) is 0 Å². The Morgan fingerprint density at radius 2 is 1.47 bits per heavy atom. The lowest BCUT2D eigenvalue weighted by Crippen LogP contribution is -2.46. The molecule has 38 heavy (non-hydrogen) atoms. The fourth-order valence-electron chi connectivity index (χ4n) is 4.51. The molecule has 8 heteroatoms. The number of hydrogen-bond acceptors (Lipinski definition) is 7. The van der Waals surface area contributed by atoms with E-state index in [0.717, 1.165) is 75.6 Å². The summed E-state index contributed by atoms with van der Waals surface area (Å²) in [6.07, 6.45) is 9.59. The van der Waals surface area contributed by atoms with Gasteiger partial charge in [0.2, 0.25) is 0 Å². The minimum absolute atomic E-state index is 0.147. The molecular formula is C30H47N3O5. The van der Waals surface area contributed by atoms with Gasteiger partial charge in [-0.1, -0.05) is 64.5 Å². The second-order valence-electron chi connectivity index (χ2n) is 10.4. The van der Waals surface area contributed by atoms with E-state index in [9.17, 15) is 19.5 Å². The molecule has 2 N–H and O–H groups in total. The summed E-state index contributed by atoms with van der Waals surface area (Å²) in [7, 11) is 4.04. The summed E-state index contributed by atoms with van der Waals surface area (Å²) in [6.45, 7) is 7.24. The van der Waals surface area contributed by atoms with Gasteiger partial charge in [-0.25, -0.2) is 4.79 Å². The summed E-state index contributed by atoms with van der Waals surface area (Å²) in [5.41, 5.74) is 0.171. The fraction of sp³-hybridized carbons (Fsp3) is 0.633. The zero-order chi connectivity index (χ0) is 27.9. The highest BCUT2D eigenvalue weighted by Gasteiger charge is 2.29. The van der Waals surface area contributed by atoms with Gasteiger partial charge in [-0.3, -0.25) is 9.59 Å². The van der Waals surface area contributed by atoms with Crippen molar-refractivity contribution >= 4 is 17.3 Å². The zero-order valence-electron chi connectivity index (χ0n) is 23.8. The van der Waals surface area contributed by atoms with Gasteiger partial charge in [-0.05, 0) is 51.1 Å². The van der Waals surface area contributed by atoms with Crippen LogP contribution in [0.1, 0.15) is 77.2 Å². The number of carbonyl (C=O) groups is 1. The van der Waals surface area contributed by atoms with E-state index in [2.05, 4.69) is 24.1 Å². The number of aliphatic carboxylic acids is 1. The third-order valence-electron chi connectivity index (χ3n) is 6.76. The number of nitrogens with zero attached hydrogens (tertiary/aromatic N) is 2. The summed E-state index contributed by atoms with van der Waals surface area (Å²) < 4.78 is 5.76. The average molecular weight is 530 g/mol. The summed E-state index contributed by atoms with van der Waals surface area (Å²) in [4.78, 5) is 41.4. The molecule has 1 atom stereocenters. The topological polar surface area (TPSA) is 99.2 Å². The molecule has 0 saturated heterocycles. The maximum Gasteiger partial charge on any atom is 0.326 e. The van der Waals surface area contributed by atoms with Crippen molar-refractivity contribution in [2.45, 2.75) is 84.1 Å². The molecular weight excluding hydrogens is 482 g/mol. The third kappa shape index (κ3) is 10.1. The van der Waals surface area contributed by atoms with Crippen molar-refractivity contribution in [3.8, 4) is 5.75 Å². The van der Waals surface area contributed by atoms with E-state index < -0.39 is 22.9 Å². The van der Waals surface area contributed by atoms with Crippen molar-refractivity contribution in [1.29, 1.82) is 0 Å². The number of rotatable bonds is 21. The molecule has 2 aromatic rings. The van der Waals surface area contributed by atoms with Gasteiger partial charge < -0.3 is 25.0 Å². The van der Waals surface area contributed by atoms with E-state index in [1.165, 1.54) is 0 Å². The van der Waals surface area contributed by atoms with Gasteiger partial charge in [0, 0.05) is 26.1 Å². The minimum Gasteiger partial charge on any atom is -0.494 e. The standard InChI is InChI=1S/C30H47N3O5/c1-5-7-9-11-19-33(20-12-10-8-6-2)27-26(28(34)29(27)35)31-25(30(36)37)22-23-14-16-24(17-15-23)38-21-13-18-32(3)4/h14-17,25,31H,5-13,18-22H2,1-4H3,(H,36,37)/t25-/m0/s1. The second kappa shape index (κ2) is 16.9. The maximum atomic E-state index is 12.6. The Hall–Kier alpha value is -2.87. The molecule has 0 aromatic heterocycles. The Balaban J connectivity index is 2.08. The Kier molecular flexibility index (Phi) is 13.9. The molecule has 0 fully saturated rings.